The van der Waals surface area contributed by atoms with Gasteiger partial charge in [0.25, 0.3) is 0 Å². The van der Waals surface area contributed by atoms with Crippen LogP contribution >= 0.6 is 0 Å². The Morgan fingerprint density at radius 2 is 1.96 bits per heavy atom. The van der Waals surface area contributed by atoms with Crippen molar-refractivity contribution in [2.75, 3.05) is 39.5 Å². The third kappa shape index (κ3) is 4.00. The maximum atomic E-state index is 10.3. The number of β-amino-alcohol motifs (C(OH)–C–C–N with tert-alkyl or cyclic N) is 1. The molecule has 2 aliphatic rings. The van der Waals surface area contributed by atoms with Crippen LogP contribution in [-0.2, 0) is 4.74 Å². The van der Waals surface area contributed by atoms with Crippen LogP contribution in [0.25, 0.3) is 10.9 Å². The van der Waals surface area contributed by atoms with E-state index in [0.29, 0.717) is 18.6 Å². The van der Waals surface area contributed by atoms with Crippen molar-refractivity contribution in [2.45, 2.75) is 31.8 Å². The number of likely N-dealkylation sites (tertiary alicyclic amines) is 1. The fraction of sp³-hybridized carbons (Fsp3) is 0.600. The fourth-order valence-electron chi connectivity index (χ4n) is 4.17. The van der Waals surface area contributed by atoms with Gasteiger partial charge in [-0.3, -0.25) is 0 Å². The summed E-state index contributed by atoms with van der Waals surface area (Å²) in [5.74, 6) is 0.800. The molecule has 1 atom stereocenters. The van der Waals surface area contributed by atoms with Crippen molar-refractivity contribution in [2.24, 2.45) is 5.41 Å². The lowest BCUT2D eigenvalue weighted by atomic mass is 9.72. The molecule has 5 nitrogen and oxygen atoms in total. The first-order valence-corrected chi connectivity index (χ1v) is 9.41. The van der Waals surface area contributed by atoms with Crippen molar-refractivity contribution >= 4 is 10.9 Å². The highest BCUT2D eigenvalue weighted by Crippen LogP contribution is 2.40. The van der Waals surface area contributed by atoms with Crippen LogP contribution in [0.1, 0.15) is 25.7 Å². The Hall–Kier alpha value is -1.56. The number of piperidine rings is 1. The number of nitrogens with zero attached hydrogens (tertiary/aromatic N) is 1. The molecular formula is C20H28N2O3. The molecule has 2 saturated heterocycles. The fourth-order valence-corrected chi connectivity index (χ4v) is 4.17. The lowest BCUT2D eigenvalue weighted by molar-refractivity contribution is -0.0293. The summed E-state index contributed by atoms with van der Waals surface area (Å²) in [6, 6.07) is 8.01. The monoisotopic (exact) mass is 344 g/mol. The first-order chi connectivity index (χ1) is 12.2. The Kier molecular flexibility index (Phi) is 4.97. The maximum Gasteiger partial charge on any atom is 0.121 e. The molecule has 0 radical (unpaired) electrons. The van der Waals surface area contributed by atoms with E-state index < -0.39 is 6.10 Å². The highest BCUT2D eigenvalue weighted by atomic mass is 16.5. The van der Waals surface area contributed by atoms with Crippen molar-refractivity contribution in [3.05, 3.63) is 30.5 Å². The maximum absolute atomic E-state index is 10.3. The molecule has 2 aliphatic heterocycles. The summed E-state index contributed by atoms with van der Waals surface area (Å²) in [5.41, 5.74) is 1.56. The van der Waals surface area contributed by atoms with Crippen LogP contribution in [0.15, 0.2) is 30.5 Å². The molecule has 5 heteroatoms. The smallest absolute Gasteiger partial charge is 0.121 e. The number of aromatic amines is 1. The van der Waals surface area contributed by atoms with Gasteiger partial charge in [-0.1, -0.05) is 0 Å². The second-order valence-electron chi connectivity index (χ2n) is 7.60. The van der Waals surface area contributed by atoms with E-state index in [1.807, 2.05) is 30.5 Å². The van der Waals surface area contributed by atoms with Gasteiger partial charge in [-0.2, -0.15) is 0 Å². The second kappa shape index (κ2) is 7.36. The van der Waals surface area contributed by atoms with Gasteiger partial charge in [0.05, 0.1) is 0 Å². The van der Waals surface area contributed by atoms with E-state index in [0.717, 1.165) is 37.6 Å². The van der Waals surface area contributed by atoms with E-state index in [2.05, 4.69) is 9.88 Å². The van der Waals surface area contributed by atoms with Crippen molar-refractivity contribution < 1.29 is 14.6 Å². The minimum atomic E-state index is -0.455. The van der Waals surface area contributed by atoms with Gasteiger partial charge < -0.3 is 24.5 Å². The molecule has 1 spiro atoms. The number of aromatic nitrogens is 1. The zero-order chi connectivity index (χ0) is 17.1. The molecule has 1 unspecified atom stereocenters. The number of ether oxygens (including phenoxy) is 2. The average Bonchev–Trinajstić information content (AvgIpc) is 3.11. The zero-order valence-electron chi connectivity index (χ0n) is 14.7. The number of benzene rings is 1. The van der Waals surface area contributed by atoms with Crippen LogP contribution in [0.4, 0.5) is 0 Å². The number of rotatable bonds is 5. The number of nitrogens with one attached hydrogen (secondary N) is 1. The summed E-state index contributed by atoms with van der Waals surface area (Å²) < 4.78 is 11.3. The van der Waals surface area contributed by atoms with Crippen LogP contribution in [-0.4, -0.2) is 60.5 Å². The normalized spacial score (nSPS) is 22.3. The largest absolute Gasteiger partial charge is 0.491 e. The summed E-state index contributed by atoms with van der Waals surface area (Å²) in [4.78, 5) is 5.56. The molecule has 2 N–H and O–H groups in total. The lowest BCUT2D eigenvalue weighted by Gasteiger charge is -2.44. The van der Waals surface area contributed by atoms with E-state index in [1.54, 1.807) is 0 Å². The summed E-state index contributed by atoms with van der Waals surface area (Å²) in [5, 5.41) is 11.5. The van der Waals surface area contributed by atoms with Crippen molar-refractivity contribution in [1.29, 1.82) is 0 Å². The summed E-state index contributed by atoms with van der Waals surface area (Å²) in [6.07, 6.45) is 6.33. The Morgan fingerprint density at radius 3 is 2.76 bits per heavy atom. The van der Waals surface area contributed by atoms with Gasteiger partial charge in [0, 0.05) is 37.5 Å². The Morgan fingerprint density at radius 1 is 1.16 bits per heavy atom. The molecule has 1 aromatic carbocycles. The average molecular weight is 344 g/mol. The SMILES string of the molecule is OC(COc1ccc2cc[nH]c2c1)CN1CCC2(CCOCC2)CC1. The molecular weight excluding hydrogens is 316 g/mol. The molecule has 4 rings (SSSR count). The van der Waals surface area contributed by atoms with Crippen LogP contribution < -0.4 is 4.74 Å². The van der Waals surface area contributed by atoms with Gasteiger partial charge in [0.2, 0.25) is 0 Å². The predicted molar refractivity (Wildman–Crippen MR) is 98.0 cm³/mol. The topological polar surface area (TPSA) is 57.7 Å². The van der Waals surface area contributed by atoms with Crippen LogP contribution in [0.3, 0.4) is 0 Å². The number of hydrogen-bond donors (Lipinski definition) is 2. The number of hydrogen-bond acceptors (Lipinski definition) is 4. The van der Waals surface area contributed by atoms with E-state index in [1.165, 1.54) is 31.1 Å². The molecule has 25 heavy (non-hydrogen) atoms. The highest BCUT2D eigenvalue weighted by molar-refractivity contribution is 5.80. The summed E-state index contributed by atoms with van der Waals surface area (Å²) in [7, 11) is 0. The van der Waals surface area contributed by atoms with Gasteiger partial charge in [-0.15, -0.1) is 0 Å². The molecule has 1 aromatic heterocycles. The van der Waals surface area contributed by atoms with Crippen LogP contribution in [0, 0.1) is 5.41 Å². The van der Waals surface area contributed by atoms with Gasteiger partial charge >= 0.3 is 0 Å². The minimum absolute atomic E-state index is 0.335. The van der Waals surface area contributed by atoms with Gasteiger partial charge in [-0.25, -0.2) is 0 Å². The predicted octanol–water partition coefficient (Wildman–Crippen LogP) is 2.80. The van der Waals surface area contributed by atoms with Gasteiger partial charge in [-0.05, 0) is 67.8 Å². The Labute approximate surface area is 148 Å². The summed E-state index contributed by atoms with van der Waals surface area (Å²) >= 11 is 0. The van der Waals surface area contributed by atoms with Crippen LogP contribution in [0.5, 0.6) is 5.75 Å². The highest BCUT2D eigenvalue weighted by Gasteiger charge is 2.36. The van der Waals surface area contributed by atoms with E-state index in [-0.39, 0.29) is 0 Å². The zero-order valence-corrected chi connectivity index (χ0v) is 14.7. The van der Waals surface area contributed by atoms with Crippen molar-refractivity contribution in [3.63, 3.8) is 0 Å². The number of fused-ring (bicyclic) bond motifs is 1. The van der Waals surface area contributed by atoms with E-state index >= 15 is 0 Å². The van der Waals surface area contributed by atoms with E-state index in [9.17, 15) is 5.11 Å². The van der Waals surface area contributed by atoms with Gasteiger partial charge in [0.1, 0.15) is 18.5 Å². The molecule has 0 amide bonds. The van der Waals surface area contributed by atoms with Crippen molar-refractivity contribution in [3.8, 4) is 5.75 Å². The molecule has 136 valence electrons. The molecule has 2 aromatic rings. The quantitative estimate of drug-likeness (QED) is 0.876. The first kappa shape index (κ1) is 16.9. The molecule has 3 heterocycles. The van der Waals surface area contributed by atoms with Crippen LogP contribution in [0.2, 0.25) is 0 Å². The Balaban J connectivity index is 1.23. The van der Waals surface area contributed by atoms with Gasteiger partial charge in [0.15, 0.2) is 0 Å². The first-order valence-electron chi connectivity index (χ1n) is 9.41. The van der Waals surface area contributed by atoms with E-state index in [4.69, 9.17) is 9.47 Å². The van der Waals surface area contributed by atoms with Crippen molar-refractivity contribution in [1.82, 2.24) is 9.88 Å². The standard InChI is InChI=1S/C20H28N2O3/c23-17(15-25-18-2-1-16-3-8-21-19(16)13-18)14-22-9-4-20(5-10-22)6-11-24-12-7-20/h1-3,8,13,17,21,23H,4-7,9-12,14-15H2. The lowest BCUT2D eigenvalue weighted by Crippen LogP contribution is -2.46. The molecule has 0 bridgehead atoms. The Bertz CT molecular complexity index is 683. The second-order valence-corrected chi connectivity index (χ2v) is 7.60. The number of aliphatic hydroxyl groups excluding tert-OH is 1. The molecule has 0 aliphatic carbocycles. The number of H-pyrrole nitrogens is 1. The minimum Gasteiger partial charge on any atom is -0.491 e. The molecule has 2 fully saturated rings. The third-order valence-electron chi connectivity index (χ3n) is 5.91. The third-order valence-corrected chi connectivity index (χ3v) is 5.91. The number of aliphatic hydroxyl groups is 1. The summed E-state index contributed by atoms with van der Waals surface area (Å²) in [6.45, 7) is 5.01. The molecule has 0 saturated carbocycles.